The van der Waals surface area contributed by atoms with Crippen LogP contribution in [0.2, 0.25) is 0 Å². The number of methoxy groups -OCH3 is 2. The Kier molecular flexibility index (Phi) is 5.43. The van der Waals surface area contributed by atoms with Crippen LogP contribution in [-0.4, -0.2) is 55.5 Å². The molecular formula is C21H24N4O3. The predicted molar refractivity (Wildman–Crippen MR) is 107 cm³/mol. The Bertz CT molecular complexity index is 919. The minimum absolute atomic E-state index is 0.486. The highest BCUT2D eigenvalue weighted by molar-refractivity contribution is 5.62. The molecule has 1 aliphatic heterocycles. The zero-order chi connectivity index (χ0) is 19.3. The second-order valence-corrected chi connectivity index (χ2v) is 6.64. The van der Waals surface area contributed by atoms with E-state index in [1.54, 1.807) is 14.2 Å². The quantitative estimate of drug-likeness (QED) is 0.651. The molecule has 0 aliphatic carbocycles. The zero-order valence-corrected chi connectivity index (χ0v) is 16.2. The molecule has 2 aromatic carbocycles. The Balaban J connectivity index is 1.39. The third-order valence-corrected chi connectivity index (χ3v) is 4.96. The molecule has 7 heteroatoms. The van der Waals surface area contributed by atoms with Gasteiger partial charge in [0.2, 0.25) is 5.89 Å². The first kappa shape index (κ1) is 18.3. The van der Waals surface area contributed by atoms with Crippen molar-refractivity contribution in [1.29, 1.82) is 0 Å². The molecular weight excluding hydrogens is 356 g/mol. The molecule has 0 amide bonds. The van der Waals surface area contributed by atoms with Crippen LogP contribution < -0.4 is 14.4 Å². The Labute approximate surface area is 164 Å². The summed E-state index contributed by atoms with van der Waals surface area (Å²) in [6.07, 6.45) is 0. The van der Waals surface area contributed by atoms with Gasteiger partial charge in [-0.1, -0.05) is 24.3 Å². The molecule has 0 N–H and O–H groups in total. The minimum Gasteiger partial charge on any atom is -0.496 e. The number of piperazine rings is 1. The Morgan fingerprint density at radius 2 is 1.54 bits per heavy atom. The summed E-state index contributed by atoms with van der Waals surface area (Å²) in [5.41, 5.74) is 1.95. The lowest BCUT2D eigenvalue weighted by Gasteiger charge is -2.35. The summed E-state index contributed by atoms with van der Waals surface area (Å²) in [6.45, 7) is 4.33. The number of ether oxygens (including phenoxy) is 2. The van der Waals surface area contributed by atoms with Crippen molar-refractivity contribution in [2.45, 2.75) is 6.54 Å². The maximum atomic E-state index is 5.89. The first-order valence-electron chi connectivity index (χ1n) is 9.34. The average Bonchev–Trinajstić information content (AvgIpc) is 3.22. The molecule has 146 valence electrons. The van der Waals surface area contributed by atoms with Crippen molar-refractivity contribution in [3.8, 4) is 23.0 Å². The molecule has 1 aliphatic rings. The van der Waals surface area contributed by atoms with E-state index in [1.807, 2.05) is 42.5 Å². The van der Waals surface area contributed by atoms with E-state index in [9.17, 15) is 0 Å². The van der Waals surface area contributed by atoms with E-state index in [-0.39, 0.29) is 0 Å². The fourth-order valence-electron chi connectivity index (χ4n) is 3.48. The fraction of sp³-hybridized carbons (Fsp3) is 0.333. The maximum absolute atomic E-state index is 5.89. The lowest BCUT2D eigenvalue weighted by molar-refractivity contribution is 0.226. The summed E-state index contributed by atoms with van der Waals surface area (Å²) < 4.78 is 16.7. The maximum Gasteiger partial charge on any atom is 0.251 e. The summed E-state index contributed by atoms with van der Waals surface area (Å²) in [6, 6.07) is 15.8. The van der Waals surface area contributed by atoms with Gasteiger partial charge in [0.25, 0.3) is 5.89 Å². The number of aromatic nitrogens is 2. The van der Waals surface area contributed by atoms with Gasteiger partial charge in [0, 0.05) is 26.2 Å². The molecule has 0 bridgehead atoms. The van der Waals surface area contributed by atoms with Gasteiger partial charge in [-0.15, -0.1) is 10.2 Å². The molecule has 0 spiro atoms. The number of anilines is 1. The van der Waals surface area contributed by atoms with Gasteiger partial charge < -0.3 is 18.8 Å². The summed E-state index contributed by atoms with van der Waals surface area (Å²) in [7, 11) is 3.35. The van der Waals surface area contributed by atoms with Crippen LogP contribution in [0, 0.1) is 0 Å². The van der Waals surface area contributed by atoms with Gasteiger partial charge in [0.1, 0.15) is 11.5 Å². The van der Waals surface area contributed by atoms with E-state index < -0.39 is 0 Å². The molecule has 0 saturated carbocycles. The van der Waals surface area contributed by atoms with Crippen molar-refractivity contribution in [3.05, 3.63) is 54.4 Å². The monoisotopic (exact) mass is 380 g/mol. The van der Waals surface area contributed by atoms with E-state index in [0.717, 1.165) is 48.9 Å². The SMILES string of the molecule is COc1ccccc1-c1nnc(CN2CCN(c3ccccc3OC)CC2)o1. The molecule has 3 aromatic rings. The van der Waals surface area contributed by atoms with E-state index in [0.29, 0.717) is 18.3 Å². The van der Waals surface area contributed by atoms with Crippen LogP contribution in [0.1, 0.15) is 5.89 Å². The lowest BCUT2D eigenvalue weighted by Crippen LogP contribution is -2.46. The molecule has 2 heterocycles. The van der Waals surface area contributed by atoms with Gasteiger partial charge in [0.05, 0.1) is 32.0 Å². The summed E-state index contributed by atoms with van der Waals surface area (Å²) in [5, 5.41) is 8.41. The highest BCUT2D eigenvalue weighted by atomic mass is 16.5. The van der Waals surface area contributed by atoms with E-state index in [2.05, 4.69) is 26.1 Å². The minimum atomic E-state index is 0.486. The van der Waals surface area contributed by atoms with Crippen molar-refractivity contribution in [1.82, 2.24) is 15.1 Å². The van der Waals surface area contributed by atoms with Gasteiger partial charge in [-0.2, -0.15) is 0 Å². The Morgan fingerprint density at radius 3 is 2.29 bits per heavy atom. The highest BCUT2D eigenvalue weighted by Crippen LogP contribution is 2.30. The normalized spacial score (nSPS) is 14.9. The predicted octanol–water partition coefficient (Wildman–Crippen LogP) is 3.08. The second kappa shape index (κ2) is 8.31. The third kappa shape index (κ3) is 3.80. The van der Waals surface area contributed by atoms with E-state index in [4.69, 9.17) is 13.9 Å². The van der Waals surface area contributed by atoms with Crippen molar-refractivity contribution in [2.75, 3.05) is 45.3 Å². The highest BCUT2D eigenvalue weighted by Gasteiger charge is 2.21. The molecule has 0 unspecified atom stereocenters. The summed E-state index contributed by atoms with van der Waals surface area (Å²) in [5.74, 6) is 2.74. The fourth-order valence-corrected chi connectivity index (χ4v) is 3.48. The standard InChI is InChI=1S/C21H24N4O3/c1-26-18-9-5-3-7-16(18)21-23-22-20(28-21)15-24-11-13-25(14-12-24)17-8-4-6-10-19(17)27-2/h3-10H,11-15H2,1-2H3. The van der Waals surface area contributed by atoms with Crippen LogP contribution in [0.4, 0.5) is 5.69 Å². The van der Waals surface area contributed by atoms with E-state index >= 15 is 0 Å². The lowest BCUT2D eigenvalue weighted by atomic mass is 10.2. The molecule has 4 rings (SSSR count). The average molecular weight is 380 g/mol. The summed E-state index contributed by atoms with van der Waals surface area (Å²) in [4.78, 5) is 4.68. The second-order valence-electron chi connectivity index (χ2n) is 6.64. The van der Waals surface area contributed by atoms with Crippen LogP contribution >= 0.6 is 0 Å². The van der Waals surface area contributed by atoms with Crippen molar-refractivity contribution in [2.24, 2.45) is 0 Å². The van der Waals surface area contributed by atoms with Crippen LogP contribution in [0.5, 0.6) is 11.5 Å². The van der Waals surface area contributed by atoms with Gasteiger partial charge in [-0.05, 0) is 24.3 Å². The number of hydrogen-bond acceptors (Lipinski definition) is 7. The number of para-hydroxylation sites is 3. The molecule has 28 heavy (non-hydrogen) atoms. The van der Waals surface area contributed by atoms with Crippen LogP contribution in [-0.2, 0) is 6.54 Å². The van der Waals surface area contributed by atoms with E-state index in [1.165, 1.54) is 0 Å². The van der Waals surface area contributed by atoms with Crippen LogP contribution in [0.3, 0.4) is 0 Å². The topological polar surface area (TPSA) is 63.9 Å². The van der Waals surface area contributed by atoms with Gasteiger partial charge >= 0.3 is 0 Å². The van der Waals surface area contributed by atoms with Crippen molar-refractivity contribution >= 4 is 5.69 Å². The molecule has 0 atom stereocenters. The third-order valence-electron chi connectivity index (χ3n) is 4.96. The van der Waals surface area contributed by atoms with Crippen molar-refractivity contribution < 1.29 is 13.9 Å². The molecule has 7 nitrogen and oxygen atoms in total. The summed E-state index contributed by atoms with van der Waals surface area (Å²) >= 11 is 0. The number of nitrogens with zero attached hydrogens (tertiary/aromatic N) is 4. The molecule has 1 fully saturated rings. The van der Waals surface area contributed by atoms with Crippen LogP contribution in [0.25, 0.3) is 11.5 Å². The van der Waals surface area contributed by atoms with Gasteiger partial charge in [0.15, 0.2) is 0 Å². The van der Waals surface area contributed by atoms with Crippen molar-refractivity contribution in [3.63, 3.8) is 0 Å². The largest absolute Gasteiger partial charge is 0.496 e. The number of rotatable bonds is 6. The zero-order valence-electron chi connectivity index (χ0n) is 16.2. The number of benzene rings is 2. The smallest absolute Gasteiger partial charge is 0.251 e. The van der Waals surface area contributed by atoms with Gasteiger partial charge in [-0.3, -0.25) is 4.90 Å². The molecule has 1 saturated heterocycles. The first-order valence-corrected chi connectivity index (χ1v) is 9.34. The Hall–Kier alpha value is -3.06. The van der Waals surface area contributed by atoms with Crippen LogP contribution in [0.15, 0.2) is 52.9 Å². The van der Waals surface area contributed by atoms with Gasteiger partial charge in [-0.25, -0.2) is 0 Å². The molecule has 0 radical (unpaired) electrons. The number of hydrogen-bond donors (Lipinski definition) is 0. The Morgan fingerprint density at radius 1 is 0.857 bits per heavy atom. The first-order chi connectivity index (χ1) is 13.8. The molecule has 1 aromatic heterocycles.